The van der Waals surface area contributed by atoms with Gasteiger partial charge in [-0.05, 0) is 76.4 Å². The summed E-state index contributed by atoms with van der Waals surface area (Å²) in [5, 5.41) is 0. The van der Waals surface area contributed by atoms with Crippen LogP contribution in [0.1, 0.15) is 68.0 Å². The van der Waals surface area contributed by atoms with E-state index in [4.69, 9.17) is 4.74 Å². The van der Waals surface area contributed by atoms with E-state index >= 15 is 0 Å². The second-order valence-corrected chi connectivity index (χ2v) is 11.8. The van der Waals surface area contributed by atoms with Gasteiger partial charge in [-0.2, -0.15) is 0 Å². The minimum atomic E-state index is -0.713. The molecule has 5 heteroatoms. The maximum Gasteiger partial charge on any atom is 0.331 e. The van der Waals surface area contributed by atoms with Crippen LogP contribution in [0.2, 0.25) is 0 Å². The number of carbonyl (C=O) groups is 1. The predicted molar refractivity (Wildman–Crippen MR) is 144 cm³/mol. The van der Waals surface area contributed by atoms with E-state index in [0.29, 0.717) is 5.92 Å². The summed E-state index contributed by atoms with van der Waals surface area (Å²) in [6.07, 6.45) is 8.21. The minimum Gasteiger partial charge on any atom is -0.454 e. The van der Waals surface area contributed by atoms with E-state index < -0.39 is 5.54 Å². The van der Waals surface area contributed by atoms with E-state index in [9.17, 15) is 4.79 Å². The molecule has 36 heavy (non-hydrogen) atoms. The van der Waals surface area contributed by atoms with Crippen molar-refractivity contribution in [3.05, 3.63) is 65.0 Å². The number of piperidine rings is 4. The Morgan fingerprint density at radius 3 is 2.39 bits per heavy atom. The molecule has 0 spiro atoms. The number of pyridine rings is 1. The van der Waals surface area contributed by atoms with Crippen LogP contribution in [0.15, 0.2) is 42.5 Å². The molecule has 2 aromatic rings. The van der Waals surface area contributed by atoms with E-state index in [1.807, 2.05) is 18.2 Å². The number of hydrogen-bond donors (Lipinski definition) is 0. The van der Waals surface area contributed by atoms with Crippen LogP contribution in [-0.4, -0.2) is 65.7 Å². The molecule has 194 valence electrons. The van der Waals surface area contributed by atoms with E-state index in [1.165, 1.54) is 50.9 Å². The molecule has 1 aromatic carbocycles. The van der Waals surface area contributed by atoms with Gasteiger partial charge < -0.3 is 9.22 Å². The number of carbonyl (C=O) groups excluding carboxylic acids is 1. The third-order valence-electron chi connectivity index (χ3n) is 9.26. The molecule has 0 radical (unpaired) electrons. The molecule has 4 aliphatic heterocycles. The summed E-state index contributed by atoms with van der Waals surface area (Å²) < 4.78 is 7.63. The largest absolute Gasteiger partial charge is 0.454 e. The first kappa shape index (κ1) is 25.4. The zero-order chi connectivity index (χ0) is 25.2. The molecular formula is C31H44N3O2+. The first-order chi connectivity index (χ1) is 17.4. The van der Waals surface area contributed by atoms with E-state index in [-0.39, 0.29) is 12.1 Å². The Kier molecular flexibility index (Phi) is 7.50. The molecule has 5 heterocycles. The first-order valence-electron chi connectivity index (χ1n) is 14.2. The van der Waals surface area contributed by atoms with Crippen LogP contribution in [0.3, 0.4) is 0 Å². The van der Waals surface area contributed by atoms with Crippen molar-refractivity contribution in [1.29, 1.82) is 0 Å². The summed E-state index contributed by atoms with van der Waals surface area (Å²) in [4.78, 5) is 20.9. The lowest BCUT2D eigenvalue weighted by Crippen LogP contribution is -2.65. The van der Waals surface area contributed by atoms with Crippen molar-refractivity contribution in [2.24, 2.45) is 5.92 Å². The number of fused-ring (bicyclic) bond motifs is 3. The number of ether oxygens (including phenoxy) is 1. The van der Waals surface area contributed by atoms with Crippen LogP contribution in [0, 0.1) is 19.8 Å². The van der Waals surface area contributed by atoms with Gasteiger partial charge in [0.15, 0.2) is 6.10 Å². The standard InChI is InChI=1S/C31H44N3O2/c1-24-21-26(22-25(2)32-24)11-10-18-34-19-14-27(15-20-34)29(23-34)36-30(35)31(3,28-12-6-4-7-13-28)33-16-8-5-9-17-33/h4,6-7,12-13,21-22,27,29H,5,8-11,14-20,23H2,1-3H3/q+1/t27?,29-,31-,34?/m0/s1. The predicted octanol–water partition coefficient (Wildman–Crippen LogP) is 5.18. The maximum atomic E-state index is 14.0. The van der Waals surface area contributed by atoms with Crippen LogP contribution in [-0.2, 0) is 21.5 Å². The fraction of sp³-hybridized carbons (Fsp3) is 0.613. The second-order valence-electron chi connectivity index (χ2n) is 11.8. The molecule has 0 N–H and O–H groups in total. The zero-order valence-electron chi connectivity index (χ0n) is 22.5. The summed E-state index contributed by atoms with van der Waals surface area (Å²) in [5.41, 5.74) is 3.96. The Balaban J connectivity index is 1.27. The Labute approximate surface area is 217 Å². The van der Waals surface area contributed by atoms with Crippen molar-refractivity contribution < 1.29 is 14.0 Å². The van der Waals surface area contributed by atoms with Crippen molar-refractivity contribution in [1.82, 2.24) is 9.88 Å². The minimum absolute atomic E-state index is 0.0400. The van der Waals surface area contributed by atoms with Gasteiger partial charge in [0.1, 0.15) is 12.1 Å². The molecule has 0 amide bonds. The number of aryl methyl sites for hydroxylation is 3. The van der Waals surface area contributed by atoms with Crippen LogP contribution in [0.5, 0.6) is 0 Å². The van der Waals surface area contributed by atoms with Gasteiger partial charge in [-0.15, -0.1) is 0 Å². The number of quaternary nitrogens is 1. The molecule has 2 bridgehead atoms. The molecular weight excluding hydrogens is 446 g/mol. The topological polar surface area (TPSA) is 42.4 Å². The van der Waals surface area contributed by atoms with Crippen molar-refractivity contribution in [3.63, 3.8) is 0 Å². The zero-order valence-corrected chi connectivity index (χ0v) is 22.5. The lowest BCUT2D eigenvalue weighted by molar-refractivity contribution is -0.946. The van der Waals surface area contributed by atoms with E-state index in [2.05, 4.69) is 54.9 Å². The molecule has 0 unspecified atom stereocenters. The van der Waals surface area contributed by atoms with Crippen LogP contribution < -0.4 is 0 Å². The molecule has 0 saturated carbocycles. The average Bonchev–Trinajstić information content (AvgIpc) is 2.89. The summed E-state index contributed by atoms with van der Waals surface area (Å²) >= 11 is 0. The average molecular weight is 491 g/mol. The van der Waals surface area contributed by atoms with Gasteiger partial charge in [0.05, 0.1) is 19.6 Å². The van der Waals surface area contributed by atoms with Crippen molar-refractivity contribution in [2.75, 3.05) is 39.3 Å². The Morgan fingerprint density at radius 2 is 1.72 bits per heavy atom. The number of rotatable bonds is 8. The van der Waals surface area contributed by atoms with Gasteiger partial charge in [-0.3, -0.25) is 9.88 Å². The maximum absolute atomic E-state index is 14.0. The molecule has 2 atom stereocenters. The highest BCUT2D eigenvalue weighted by atomic mass is 16.5. The summed E-state index contributed by atoms with van der Waals surface area (Å²) in [7, 11) is 0. The quantitative estimate of drug-likeness (QED) is 0.378. The molecule has 1 aromatic heterocycles. The Hall–Kier alpha value is -2.24. The first-order valence-corrected chi connectivity index (χ1v) is 14.2. The molecule has 4 fully saturated rings. The van der Waals surface area contributed by atoms with Crippen molar-refractivity contribution in [2.45, 2.75) is 77.4 Å². The monoisotopic (exact) mass is 490 g/mol. The number of hydrogen-bond acceptors (Lipinski definition) is 4. The molecule has 4 aliphatic rings. The van der Waals surface area contributed by atoms with Gasteiger partial charge in [0.25, 0.3) is 0 Å². The van der Waals surface area contributed by atoms with E-state index in [0.717, 1.165) is 60.3 Å². The van der Waals surface area contributed by atoms with Gasteiger partial charge in [0, 0.05) is 36.6 Å². The third-order valence-corrected chi connectivity index (χ3v) is 9.26. The highest BCUT2D eigenvalue weighted by Crippen LogP contribution is 2.39. The van der Waals surface area contributed by atoms with Crippen LogP contribution in [0.25, 0.3) is 0 Å². The van der Waals surface area contributed by atoms with Gasteiger partial charge >= 0.3 is 5.97 Å². The van der Waals surface area contributed by atoms with Crippen molar-refractivity contribution >= 4 is 5.97 Å². The van der Waals surface area contributed by atoms with Gasteiger partial charge in [-0.1, -0.05) is 36.8 Å². The third kappa shape index (κ3) is 5.24. The Bertz CT molecular complexity index is 1020. The van der Waals surface area contributed by atoms with Crippen molar-refractivity contribution in [3.8, 4) is 0 Å². The molecule has 5 nitrogen and oxygen atoms in total. The number of aromatic nitrogens is 1. The molecule has 0 aliphatic carbocycles. The number of benzene rings is 1. The molecule has 6 rings (SSSR count). The molecule has 4 saturated heterocycles. The normalized spacial score (nSPS) is 28.0. The highest BCUT2D eigenvalue weighted by Gasteiger charge is 2.50. The lowest BCUT2D eigenvalue weighted by atomic mass is 9.82. The highest BCUT2D eigenvalue weighted by molar-refractivity contribution is 5.82. The van der Waals surface area contributed by atoms with Gasteiger partial charge in [-0.25, -0.2) is 4.79 Å². The number of nitrogens with zero attached hydrogens (tertiary/aromatic N) is 3. The fourth-order valence-electron chi connectivity index (χ4n) is 7.14. The van der Waals surface area contributed by atoms with E-state index in [1.54, 1.807) is 0 Å². The number of likely N-dealkylation sites (tertiary alicyclic amines) is 1. The number of esters is 1. The fourth-order valence-corrected chi connectivity index (χ4v) is 7.14. The van der Waals surface area contributed by atoms with Crippen LogP contribution >= 0.6 is 0 Å². The summed E-state index contributed by atoms with van der Waals surface area (Å²) in [6.45, 7) is 12.8. The summed E-state index contributed by atoms with van der Waals surface area (Å²) in [5.74, 6) is 0.469. The smallest absolute Gasteiger partial charge is 0.331 e. The SMILES string of the molecule is Cc1cc(CCC[N+]23CCC(CC2)[C@@H](OC(=O)[C@](C)(c2ccccc2)N2CCCCC2)C3)cc(C)n1. The van der Waals surface area contributed by atoms with Crippen LogP contribution in [0.4, 0.5) is 0 Å². The summed E-state index contributed by atoms with van der Waals surface area (Å²) in [6, 6.07) is 14.8. The lowest BCUT2D eigenvalue weighted by Gasteiger charge is -2.53. The van der Waals surface area contributed by atoms with Gasteiger partial charge in [0.2, 0.25) is 0 Å². The second kappa shape index (κ2) is 10.6. The Morgan fingerprint density at radius 1 is 1.06 bits per heavy atom.